The summed E-state index contributed by atoms with van der Waals surface area (Å²) in [6.07, 6.45) is 0. The van der Waals surface area contributed by atoms with Gasteiger partial charge in [-0.2, -0.15) is 0 Å². The maximum absolute atomic E-state index is 13.0. The maximum Gasteiger partial charge on any atom is 0.161 e. The van der Waals surface area contributed by atoms with E-state index in [1.807, 2.05) is 13.8 Å². The molecule has 1 heterocycles. The number of hydrogen-bond acceptors (Lipinski definition) is 2. The van der Waals surface area contributed by atoms with Crippen LogP contribution in [0.15, 0.2) is 18.2 Å². The van der Waals surface area contributed by atoms with Crippen LogP contribution in [0.3, 0.4) is 0 Å². The Morgan fingerprint density at radius 2 is 1.88 bits per heavy atom. The highest BCUT2D eigenvalue weighted by atomic mass is 19.2. The van der Waals surface area contributed by atoms with Gasteiger partial charge >= 0.3 is 0 Å². The fourth-order valence-electron chi connectivity index (χ4n) is 1.62. The fourth-order valence-corrected chi connectivity index (χ4v) is 1.62. The van der Waals surface area contributed by atoms with Crippen molar-refractivity contribution in [2.75, 3.05) is 11.9 Å². The van der Waals surface area contributed by atoms with Gasteiger partial charge in [-0.15, -0.1) is 0 Å². The number of nitrogens with one attached hydrogen (secondary N) is 1. The third kappa shape index (κ3) is 1.83. The molecule has 16 heavy (non-hydrogen) atoms. The second kappa shape index (κ2) is 4.04. The van der Waals surface area contributed by atoms with Crippen LogP contribution in [0, 0.1) is 18.6 Å². The first kappa shape index (κ1) is 10.8. The summed E-state index contributed by atoms with van der Waals surface area (Å²) in [5.41, 5.74) is 1.38. The second-order valence-corrected chi connectivity index (χ2v) is 3.64. The number of anilines is 1. The minimum atomic E-state index is -0.869. The van der Waals surface area contributed by atoms with E-state index < -0.39 is 11.6 Å². The van der Waals surface area contributed by atoms with Gasteiger partial charge in [0, 0.05) is 18.0 Å². The average Bonchev–Trinajstić information content (AvgIpc) is 2.23. The van der Waals surface area contributed by atoms with Gasteiger partial charge in [0.25, 0.3) is 0 Å². The number of rotatable bonds is 2. The van der Waals surface area contributed by atoms with Crippen molar-refractivity contribution in [2.24, 2.45) is 0 Å². The molecule has 0 spiro atoms. The molecule has 0 saturated carbocycles. The molecule has 1 aromatic carbocycles. The number of benzene rings is 1. The third-order valence-corrected chi connectivity index (χ3v) is 2.39. The Kier molecular flexibility index (Phi) is 2.73. The Labute approximate surface area is 92.3 Å². The molecular weight excluding hydrogens is 210 g/mol. The van der Waals surface area contributed by atoms with Gasteiger partial charge < -0.3 is 5.32 Å². The van der Waals surface area contributed by atoms with Crippen LogP contribution in [0.1, 0.15) is 12.5 Å². The Balaban J connectivity index is 2.65. The molecule has 0 fully saturated rings. The third-order valence-electron chi connectivity index (χ3n) is 2.39. The van der Waals surface area contributed by atoms with E-state index in [-0.39, 0.29) is 0 Å². The van der Waals surface area contributed by atoms with E-state index in [9.17, 15) is 8.78 Å². The van der Waals surface area contributed by atoms with Gasteiger partial charge in [0.1, 0.15) is 5.82 Å². The van der Waals surface area contributed by atoms with Crippen LogP contribution in [0.5, 0.6) is 0 Å². The average molecular weight is 222 g/mol. The monoisotopic (exact) mass is 222 g/mol. The number of fused-ring (bicyclic) bond motifs is 1. The van der Waals surface area contributed by atoms with Crippen molar-refractivity contribution >= 4 is 16.7 Å². The van der Waals surface area contributed by atoms with E-state index in [4.69, 9.17) is 0 Å². The number of hydrogen-bond donors (Lipinski definition) is 1. The molecule has 0 aliphatic heterocycles. The summed E-state index contributed by atoms with van der Waals surface area (Å²) < 4.78 is 26.0. The molecule has 4 heteroatoms. The summed E-state index contributed by atoms with van der Waals surface area (Å²) in [5.74, 6) is -1.00. The van der Waals surface area contributed by atoms with Crippen LogP contribution >= 0.6 is 0 Å². The van der Waals surface area contributed by atoms with Gasteiger partial charge in [0.05, 0.1) is 5.52 Å². The predicted octanol–water partition coefficient (Wildman–Crippen LogP) is 3.25. The minimum absolute atomic E-state index is 0.459. The molecule has 84 valence electrons. The molecule has 2 nitrogen and oxygen atoms in total. The molecule has 0 atom stereocenters. The molecule has 0 bridgehead atoms. The standard InChI is InChI=1S/C12H12F2N2/c1-3-15-12-7(2)4-8-5-9(13)10(14)6-11(8)16-12/h4-6H,3H2,1-2H3,(H,15,16). The van der Waals surface area contributed by atoms with Gasteiger partial charge in [-0.3, -0.25) is 0 Å². The van der Waals surface area contributed by atoms with Crippen LogP contribution in [0.25, 0.3) is 10.9 Å². The lowest BCUT2D eigenvalue weighted by Gasteiger charge is -2.08. The van der Waals surface area contributed by atoms with Crippen LogP contribution in [-0.4, -0.2) is 11.5 Å². The first-order valence-electron chi connectivity index (χ1n) is 5.12. The van der Waals surface area contributed by atoms with Gasteiger partial charge in [-0.05, 0) is 31.5 Å². The molecular formula is C12H12F2N2. The summed E-state index contributed by atoms with van der Waals surface area (Å²) >= 11 is 0. The second-order valence-electron chi connectivity index (χ2n) is 3.64. The van der Waals surface area contributed by atoms with E-state index in [0.717, 1.165) is 18.2 Å². The Bertz CT molecular complexity index is 538. The van der Waals surface area contributed by atoms with Crippen molar-refractivity contribution in [3.8, 4) is 0 Å². The Morgan fingerprint density at radius 3 is 2.56 bits per heavy atom. The Hall–Kier alpha value is -1.71. The molecule has 2 aromatic rings. The van der Waals surface area contributed by atoms with E-state index in [0.29, 0.717) is 16.7 Å². The highest BCUT2D eigenvalue weighted by Gasteiger charge is 2.07. The lowest BCUT2D eigenvalue weighted by Crippen LogP contribution is -2.02. The molecule has 0 unspecified atom stereocenters. The zero-order valence-electron chi connectivity index (χ0n) is 9.14. The first-order chi connectivity index (χ1) is 7.61. The molecule has 1 N–H and O–H groups in total. The van der Waals surface area contributed by atoms with E-state index >= 15 is 0 Å². The Morgan fingerprint density at radius 1 is 1.19 bits per heavy atom. The van der Waals surface area contributed by atoms with Crippen molar-refractivity contribution in [3.63, 3.8) is 0 Å². The lowest BCUT2D eigenvalue weighted by molar-refractivity contribution is 0.510. The zero-order valence-corrected chi connectivity index (χ0v) is 9.14. The molecule has 0 saturated heterocycles. The van der Waals surface area contributed by atoms with Gasteiger partial charge in [-0.25, -0.2) is 13.8 Å². The van der Waals surface area contributed by atoms with E-state index in [2.05, 4.69) is 10.3 Å². The van der Waals surface area contributed by atoms with Crippen molar-refractivity contribution < 1.29 is 8.78 Å². The van der Waals surface area contributed by atoms with Crippen molar-refractivity contribution in [3.05, 3.63) is 35.4 Å². The quantitative estimate of drug-likeness (QED) is 0.843. The summed E-state index contributed by atoms with van der Waals surface area (Å²) in [7, 11) is 0. The molecule has 2 rings (SSSR count). The summed E-state index contributed by atoms with van der Waals surface area (Å²) in [4.78, 5) is 4.25. The molecule has 0 aliphatic carbocycles. The van der Waals surface area contributed by atoms with E-state index in [1.165, 1.54) is 6.07 Å². The van der Waals surface area contributed by atoms with Crippen molar-refractivity contribution in [1.29, 1.82) is 0 Å². The topological polar surface area (TPSA) is 24.9 Å². The lowest BCUT2D eigenvalue weighted by atomic mass is 10.1. The van der Waals surface area contributed by atoms with Crippen LogP contribution < -0.4 is 5.32 Å². The number of pyridine rings is 1. The van der Waals surface area contributed by atoms with Crippen LogP contribution in [-0.2, 0) is 0 Å². The summed E-state index contributed by atoms with van der Waals surface area (Å²) in [6.45, 7) is 4.57. The number of nitrogens with zero attached hydrogens (tertiary/aromatic N) is 1. The molecule has 1 aromatic heterocycles. The number of halogens is 2. The van der Waals surface area contributed by atoms with Crippen LogP contribution in [0.4, 0.5) is 14.6 Å². The van der Waals surface area contributed by atoms with Crippen LogP contribution in [0.2, 0.25) is 0 Å². The predicted molar refractivity (Wildman–Crippen MR) is 60.6 cm³/mol. The summed E-state index contributed by atoms with van der Waals surface area (Å²) in [6, 6.07) is 4.08. The van der Waals surface area contributed by atoms with Gasteiger partial charge in [-0.1, -0.05) is 0 Å². The van der Waals surface area contributed by atoms with E-state index in [1.54, 1.807) is 6.07 Å². The molecule has 0 aliphatic rings. The van der Waals surface area contributed by atoms with Gasteiger partial charge in [0.15, 0.2) is 11.6 Å². The maximum atomic E-state index is 13.0. The largest absolute Gasteiger partial charge is 0.370 e. The van der Waals surface area contributed by atoms with Crippen molar-refractivity contribution in [1.82, 2.24) is 4.98 Å². The first-order valence-corrected chi connectivity index (χ1v) is 5.12. The fraction of sp³-hybridized carbons (Fsp3) is 0.250. The van der Waals surface area contributed by atoms with Gasteiger partial charge in [0.2, 0.25) is 0 Å². The number of aryl methyl sites for hydroxylation is 1. The normalized spacial score (nSPS) is 10.8. The smallest absolute Gasteiger partial charge is 0.161 e. The molecule has 0 radical (unpaired) electrons. The minimum Gasteiger partial charge on any atom is -0.370 e. The zero-order chi connectivity index (χ0) is 11.7. The highest BCUT2D eigenvalue weighted by molar-refractivity contribution is 5.81. The molecule has 0 amide bonds. The van der Waals surface area contributed by atoms with Crippen molar-refractivity contribution in [2.45, 2.75) is 13.8 Å². The summed E-state index contributed by atoms with van der Waals surface area (Å²) in [5, 5.41) is 3.68. The SMILES string of the molecule is CCNc1nc2cc(F)c(F)cc2cc1C. The number of aromatic nitrogens is 1. The highest BCUT2D eigenvalue weighted by Crippen LogP contribution is 2.22.